The zero-order valence-electron chi connectivity index (χ0n) is 11.6. The van der Waals surface area contributed by atoms with Crippen molar-refractivity contribution < 1.29 is 4.74 Å². The van der Waals surface area contributed by atoms with Crippen molar-refractivity contribution in [1.82, 2.24) is 4.90 Å². The van der Waals surface area contributed by atoms with Gasteiger partial charge in [0.1, 0.15) is 12.4 Å². The molecule has 3 nitrogen and oxygen atoms in total. The number of nitrogens with two attached hydrogens (primary N) is 1. The Morgan fingerprint density at radius 1 is 1.42 bits per heavy atom. The predicted octanol–water partition coefficient (Wildman–Crippen LogP) is 1.72. The minimum Gasteiger partial charge on any atom is -0.492 e. The fourth-order valence-corrected chi connectivity index (χ4v) is 1.97. The summed E-state index contributed by atoms with van der Waals surface area (Å²) in [7, 11) is 2.16. The first kappa shape index (κ1) is 13.9. The average Bonchev–Trinajstić information content (AvgIpc) is 3.21. The molecule has 1 saturated carbocycles. The Bertz CT molecular complexity index is 457. The molecular weight excluding hydrogens is 236 g/mol. The van der Waals surface area contributed by atoms with Crippen molar-refractivity contribution in [2.45, 2.75) is 12.8 Å². The van der Waals surface area contributed by atoms with Crippen LogP contribution in [-0.2, 0) is 0 Å². The standard InChI is InChI=1S/C16H22N2O/c1-18(13-15-7-8-15)10-11-19-16-6-2-4-14(12-16)5-3-9-17/h2,4,6,12,15H,7-11,13,17H2,1H3. The molecule has 0 heterocycles. The van der Waals surface area contributed by atoms with E-state index in [2.05, 4.69) is 23.8 Å². The highest BCUT2D eigenvalue weighted by Gasteiger charge is 2.22. The number of ether oxygens (including phenoxy) is 1. The lowest BCUT2D eigenvalue weighted by atomic mass is 10.2. The minimum absolute atomic E-state index is 0.386. The summed E-state index contributed by atoms with van der Waals surface area (Å²) in [6.07, 6.45) is 2.79. The first-order valence-corrected chi connectivity index (χ1v) is 6.88. The minimum atomic E-state index is 0.386. The van der Waals surface area contributed by atoms with Gasteiger partial charge in [-0.25, -0.2) is 0 Å². The molecule has 2 N–H and O–H groups in total. The second kappa shape index (κ2) is 7.18. The fraction of sp³-hybridized carbons (Fsp3) is 0.500. The summed E-state index contributed by atoms with van der Waals surface area (Å²) in [4.78, 5) is 2.34. The molecule has 0 amide bonds. The second-order valence-corrected chi connectivity index (χ2v) is 5.09. The van der Waals surface area contributed by atoms with Crippen molar-refractivity contribution in [2.75, 3.05) is 33.3 Å². The monoisotopic (exact) mass is 258 g/mol. The SMILES string of the molecule is CN(CCOc1cccc(C#CCN)c1)CC1CC1. The third-order valence-corrected chi connectivity index (χ3v) is 3.18. The molecule has 0 saturated heterocycles. The van der Waals surface area contributed by atoms with Gasteiger partial charge in [0.15, 0.2) is 0 Å². The molecule has 102 valence electrons. The van der Waals surface area contributed by atoms with Crippen molar-refractivity contribution in [3.63, 3.8) is 0 Å². The van der Waals surface area contributed by atoms with Gasteiger partial charge in [0.05, 0.1) is 6.54 Å². The van der Waals surface area contributed by atoms with E-state index >= 15 is 0 Å². The Kier molecular flexibility index (Phi) is 5.26. The number of benzene rings is 1. The predicted molar refractivity (Wildman–Crippen MR) is 78.1 cm³/mol. The molecule has 1 aromatic carbocycles. The van der Waals surface area contributed by atoms with E-state index in [0.717, 1.165) is 30.4 Å². The molecule has 19 heavy (non-hydrogen) atoms. The summed E-state index contributed by atoms with van der Waals surface area (Å²) < 4.78 is 5.76. The van der Waals surface area contributed by atoms with Crippen LogP contribution in [0.4, 0.5) is 0 Å². The van der Waals surface area contributed by atoms with Crippen LogP contribution in [0.5, 0.6) is 5.75 Å². The highest BCUT2D eigenvalue weighted by Crippen LogP contribution is 2.29. The zero-order valence-corrected chi connectivity index (χ0v) is 11.6. The van der Waals surface area contributed by atoms with Crippen molar-refractivity contribution in [3.05, 3.63) is 29.8 Å². The highest BCUT2D eigenvalue weighted by atomic mass is 16.5. The topological polar surface area (TPSA) is 38.5 Å². The van der Waals surface area contributed by atoms with Gasteiger partial charge in [-0.15, -0.1) is 0 Å². The summed E-state index contributed by atoms with van der Waals surface area (Å²) in [5.41, 5.74) is 6.32. The van der Waals surface area contributed by atoms with E-state index in [0.29, 0.717) is 6.54 Å². The van der Waals surface area contributed by atoms with Gasteiger partial charge in [0.25, 0.3) is 0 Å². The number of nitrogens with zero attached hydrogens (tertiary/aromatic N) is 1. The Morgan fingerprint density at radius 3 is 3.00 bits per heavy atom. The summed E-state index contributed by atoms with van der Waals surface area (Å²) in [6, 6.07) is 7.86. The lowest BCUT2D eigenvalue weighted by molar-refractivity contribution is 0.232. The molecule has 1 aliphatic rings. The van der Waals surface area contributed by atoms with Gasteiger partial charge in [0, 0.05) is 18.7 Å². The molecule has 0 unspecified atom stereocenters. The van der Waals surface area contributed by atoms with E-state index in [4.69, 9.17) is 10.5 Å². The Morgan fingerprint density at radius 2 is 2.26 bits per heavy atom. The molecule has 3 heteroatoms. The number of likely N-dealkylation sites (N-methyl/N-ethyl adjacent to an activating group) is 1. The molecule has 0 radical (unpaired) electrons. The van der Waals surface area contributed by atoms with Crippen LogP contribution in [0.3, 0.4) is 0 Å². The number of rotatable bonds is 6. The van der Waals surface area contributed by atoms with E-state index in [1.54, 1.807) is 0 Å². The molecule has 0 aliphatic heterocycles. The first-order chi connectivity index (χ1) is 9.28. The lowest BCUT2D eigenvalue weighted by Crippen LogP contribution is -2.26. The van der Waals surface area contributed by atoms with Gasteiger partial charge in [-0.2, -0.15) is 0 Å². The van der Waals surface area contributed by atoms with Crippen LogP contribution in [-0.4, -0.2) is 38.2 Å². The molecular formula is C16H22N2O. The molecule has 0 spiro atoms. The Hall–Kier alpha value is -1.50. The van der Waals surface area contributed by atoms with Crippen molar-refractivity contribution in [1.29, 1.82) is 0 Å². The van der Waals surface area contributed by atoms with Crippen molar-refractivity contribution in [3.8, 4) is 17.6 Å². The van der Waals surface area contributed by atoms with Crippen molar-refractivity contribution >= 4 is 0 Å². The highest BCUT2D eigenvalue weighted by molar-refractivity contribution is 5.39. The second-order valence-electron chi connectivity index (χ2n) is 5.09. The van der Waals surface area contributed by atoms with E-state index in [1.165, 1.54) is 19.4 Å². The molecule has 0 bridgehead atoms. The van der Waals surface area contributed by atoms with Crippen LogP contribution < -0.4 is 10.5 Å². The van der Waals surface area contributed by atoms with Gasteiger partial charge in [-0.05, 0) is 44.0 Å². The molecule has 1 aliphatic carbocycles. The van der Waals surface area contributed by atoms with Gasteiger partial charge in [-0.3, -0.25) is 0 Å². The van der Waals surface area contributed by atoms with Crippen LogP contribution in [0.25, 0.3) is 0 Å². The van der Waals surface area contributed by atoms with Crippen LogP contribution >= 0.6 is 0 Å². The molecule has 0 atom stereocenters. The fourth-order valence-electron chi connectivity index (χ4n) is 1.97. The number of hydrogen-bond acceptors (Lipinski definition) is 3. The average molecular weight is 258 g/mol. The molecule has 0 aromatic heterocycles. The first-order valence-electron chi connectivity index (χ1n) is 6.88. The lowest BCUT2D eigenvalue weighted by Gasteiger charge is -2.16. The zero-order chi connectivity index (χ0) is 13.5. The van der Waals surface area contributed by atoms with E-state index in [9.17, 15) is 0 Å². The van der Waals surface area contributed by atoms with Gasteiger partial charge in [-0.1, -0.05) is 17.9 Å². The Balaban J connectivity index is 1.75. The smallest absolute Gasteiger partial charge is 0.120 e. The normalized spacial score (nSPS) is 14.1. The summed E-state index contributed by atoms with van der Waals surface area (Å²) >= 11 is 0. The van der Waals surface area contributed by atoms with Crippen LogP contribution in [0.2, 0.25) is 0 Å². The maximum absolute atomic E-state index is 5.76. The number of hydrogen-bond donors (Lipinski definition) is 1. The summed E-state index contributed by atoms with van der Waals surface area (Å²) in [6.45, 7) is 3.27. The quantitative estimate of drug-likeness (QED) is 0.790. The maximum Gasteiger partial charge on any atom is 0.120 e. The maximum atomic E-state index is 5.76. The summed E-state index contributed by atoms with van der Waals surface area (Å²) in [5, 5.41) is 0. The largest absolute Gasteiger partial charge is 0.492 e. The van der Waals surface area contributed by atoms with Crippen molar-refractivity contribution in [2.24, 2.45) is 11.7 Å². The van der Waals surface area contributed by atoms with Gasteiger partial charge < -0.3 is 15.4 Å². The van der Waals surface area contributed by atoms with E-state index in [1.807, 2.05) is 24.3 Å². The van der Waals surface area contributed by atoms with Gasteiger partial charge in [0.2, 0.25) is 0 Å². The third-order valence-electron chi connectivity index (χ3n) is 3.18. The summed E-state index contributed by atoms with van der Waals surface area (Å²) in [5.74, 6) is 7.67. The molecule has 1 aromatic rings. The van der Waals surface area contributed by atoms with E-state index in [-0.39, 0.29) is 0 Å². The van der Waals surface area contributed by atoms with E-state index < -0.39 is 0 Å². The van der Waals surface area contributed by atoms with Gasteiger partial charge >= 0.3 is 0 Å². The van der Waals surface area contributed by atoms with Crippen LogP contribution in [0.1, 0.15) is 18.4 Å². The van der Waals surface area contributed by atoms with Crippen LogP contribution in [0, 0.1) is 17.8 Å². The Labute approximate surface area is 115 Å². The van der Waals surface area contributed by atoms with Crippen LogP contribution in [0.15, 0.2) is 24.3 Å². The third kappa shape index (κ3) is 5.34. The molecule has 2 rings (SSSR count). The molecule has 1 fully saturated rings.